The van der Waals surface area contributed by atoms with E-state index in [2.05, 4.69) is 4.74 Å². The smallest absolute Gasteiger partial charge is 0.330 e. The largest absolute Gasteiger partial charge is 0.391 e. The molecule has 0 aliphatic heterocycles. The van der Waals surface area contributed by atoms with Crippen molar-refractivity contribution in [3.05, 3.63) is 0 Å². The first-order chi connectivity index (χ1) is 7.40. The highest BCUT2D eigenvalue weighted by Gasteiger charge is 2.24. The van der Waals surface area contributed by atoms with Crippen LogP contribution in [0.15, 0.2) is 0 Å². The number of esters is 2. The Labute approximate surface area is 96.5 Å². The van der Waals surface area contributed by atoms with Crippen molar-refractivity contribution in [1.82, 2.24) is 0 Å². The van der Waals surface area contributed by atoms with E-state index in [1.54, 1.807) is 13.8 Å². The van der Waals surface area contributed by atoms with Crippen LogP contribution in [0.2, 0.25) is 0 Å². The Morgan fingerprint density at radius 2 is 1.75 bits per heavy atom. The van der Waals surface area contributed by atoms with Crippen LogP contribution >= 0.6 is 0 Å². The first-order valence-electron chi connectivity index (χ1n) is 5.66. The summed E-state index contributed by atoms with van der Waals surface area (Å²) in [5, 5.41) is 0. The zero-order valence-corrected chi connectivity index (χ0v) is 10.2. The molecular weight excluding hydrogens is 208 g/mol. The number of nitrogens with two attached hydrogens (primary N) is 2. The third-order valence-corrected chi connectivity index (χ3v) is 2.36. The van der Waals surface area contributed by atoms with Gasteiger partial charge in [0.1, 0.15) is 12.1 Å². The Morgan fingerprint density at radius 1 is 1.19 bits per heavy atom. The second-order valence-electron chi connectivity index (χ2n) is 4.26. The molecule has 0 bridgehead atoms. The highest BCUT2D eigenvalue weighted by atomic mass is 16.6. The molecule has 0 heterocycles. The van der Waals surface area contributed by atoms with Crippen molar-refractivity contribution in [1.29, 1.82) is 0 Å². The summed E-state index contributed by atoms with van der Waals surface area (Å²) >= 11 is 0. The van der Waals surface area contributed by atoms with Gasteiger partial charge in [0.15, 0.2) is 0 Å². The number of unbranched alkanes of at least 4 members (excludes halogenated alkanes) is 1. The van der Waals surface area contributed by atoms with Gasteiger partial charge in [0, 0.05) is 0 Å². The second kappa shape index (κ2) is 7.35. The van der Waals surface area contributed by atoms with E-state index < -0.39 is 24.0 Å². The molecule has 0 saturated heterocycles. The van der Waals surface area contributed by atoms with E-state index in [-0.39, 0.29) is 5.92 Å². The fraction of sp³-hybridized carbons (Fsp3) is 0.818. The van der Waals surface area contributed by atoms with E-state index in [0.717, 1.165) is 12.8 Å². The van der Waals surface area contributed by atoms with E-state index in [1.807, 2.05) is 6.92 Å². The molecular formula is C11H22N2O3. The van der Waals surface area contributed by atoms with Crippen LogP contribution in [-0.4, -0.2) is 24.0 Å². The Morgan fingerprint density at radius 3 is 2.19 bits per heavy atom. The summed E-state index contributed by atoms with van der Waals surface area (Å²) in [6.45, 7) is 5.57. The van der Waals surface area contributed by atoms with Crippen LogP contribution in [0.3, 0.4) is 0 Å². The lowest BCUT2D eigenvalue weighted by molar-refractivity contribution is -0.162. The summed E-state index contributed by atoms with van der Waals surface area (Å²) in [4.78, 5) is 22.7. The van der Waals surface area contributed by atoms with Gasteiger partial charge in [0.05, 0.1) is 0 Å². The lowest BCUT2D eigenvalue weighted by Gasteiger charge is -2.15. The van der Waals surface area contributed by atoms with Crippen molar-refractivity contribution in [3.8, 4) is 0 Å². The molecule has 0 aromatic carbocycles. The van der Waals surface area contributed by atoms with Gasteiger partial charge in [0.2, 0.25) is 0 Å². The van der Waals surface area contributed by atoms with Crippen molar-refractivity contribution in [2.24, 2.45) is 17.4 Å². The quantitative estimate of drug-likeness (QED) is 0.513. The number of carbonyl (C=O) groups is 2. The van der Waals surface area contributed by atoms with E-state index in [4.69, 9.17) is 11.5 Å². The Balaban J connectivity index is 4.08. The lowest BCUT2D eigenvalue weighted by atomic mass is 10.1. The normalized spacial score (nSPS) is 14.6. The molecule has 0 spiro atoms. The molecule has 0 aromatic heterocycles. The van der Waals surface area contributed by atoms with Gasteiger partial charge in [-0.25, -0.2) is 9.59 Å². The molecule has 94 valence electrons. The van der Waals surface area contributed by atoms with Gasteiger partial charge < -0.3 is 16.2 Å². The third kappa shape index (κ3) is 5.23. The van der Waals surface area contributed by atoms with Gasteiger partial charge >= 0.3 is 11.9 Å². The van der Waals surface area contributed by atoms with Gasteiger partial charge in [-0.2, -0.15) is 0 Å². The molecule has 0 saturated carbocycles. The zero-order chi connectivity index (χ0) is 12.7. The van der Waals surface area contributed by atoms with Crippen molar-refractivity contribution < 1.29 is 14.3 Å². The van der Waals surface area contributed by atoms with E-state index in [9.17, 15) is 9.59 Å². The summed E-state index contributed by atoms with van der Waals surface area (Å²) in [7, 11) is 0. The van der Waals surface area contributed by atoms with Crippen LogP contribution in [0.5, 0.6) is 0 Å². The third-order valence-electron chi connectivity index (χ3n) is 2.36. The predicted octanol–water partition coefficient (Wildman–Crippen LogP) is 0.557. The maximum absolute atomic E-state index is 11.4. The number of hydrogen-bond acceptors (Lipinski definition) is 5. The molecule has 0 aliphatic carbocycles. The molecule has 2 atom stereocenters. The van der Waals surface area contributed by atoms with Crippen molar-refractivity contribution in [2.45, 2.75) is 52.1 Å². The summed E-state index contributed by atoms with van der Waals surface area (Å²) < 4.78 is 4.60. The second-order valence-corrected chi connectivity index (χ2v) is 4.26. The van der Waals surface area contributed by atoms with E-state index >= 15 is 0 Å². The van der Waals surface area contributed by atoms with Gasteiger partial charge in [0.25, 0.3) is 0 Å². The van der Waals surface area contributed by atoms with Crippen LogP contribution in [0, 0.1) is 5.92 Å². The number of ether oxygens (including phenoxy) is 1. The van der Waals surface area contributed by atoms with E-state index in [1.165, 1.54) is 0 Å². The van der Waals surface area contributed by atoms with Crippen molar-refractivity contribution in [2.75, 3.05) is 0 Å². The Hall–Kier alpha value is -0.940. The molecule has 5 nitrogen and oxygen atoms in total. The fourth-order valence-electron chi connectivity index (χ4n) is 1.06. The minimum absolute atomic E-state index is 0.0628. The van der Waals surface area contributed by atoms with Crippen LogP contribution in [0.25, 0.3) is 0 Å². The van der Waals surface area contributed by atoms with Crippen molar-refractivity contribution >= 4 is 11.9 Å². The minimum Gasteiger partial charge on any atom is -0.391 e. The molecule has 0 radical (unpaired) electrons. The average molecular weight is 230 g/mol. The number of hydrogen-bond donors (Lipinski definition) is 2. The molecule has 0 aromatic rings. The van der Waals surface area contributed by atoms with Crippen molar-refractivity contribution in [3.63, 3.8) is 0 Å². The molecule has 0 amide bonds. The topological polar surface area (TPSA) is 95.4 Å². The van der Waals surface area contributed by atoms with Crippen LogP contribution in [-0.2, 0) is 14.3 Å². The molecule has 0 fully saturated rings. The monoisotopic (exact) mass is 230 g/mol. The maximum atomic E-state index is 11.4. The van der Waals surface area contributed by atoms with Gasteiger partial charge in [-0.3, -0.25) is 0 Å². The summed E-state index contributed by atoms with van der Waals surface area (Å²) in [6.07, 6.45) is 2.31. The molecule has 0 aliphatic rings. The first-order valence-corrected chi connectivity index (χ1v) is 5.66. The average Bonchev–Trinajstić information content (AvgIpc) is 2.24. The first kappa shape index (κ1) is 15.1. The molecule has 0 rings (SSSR count). The summed E-state index contributed by atoms with van der Waals surface area (Å²) in [5.74, 6) is -1.45. The fourth-order valence-corrected chi connectivity index (χ4v) is 1.06. The highest BCUT2D eigenvalue weighted by Crippen LogP contribution is 2.04. The van der Waals surface area contributed by atoms with Crippen LogP contribution in [0.4, 0.5) is 0 Å². The highest BCUT2D eigenvalue weighted by molar-refractivity contribution is 5.90. The summed E-state index contributed by atoms with van der Waals surface area (Å²) in [6, 6.07) is -1.51. The van der Waals surface area contributed by atoms with Gasteiger partial charge in [-0.15, -0.1) is 0 Å². The molecule has 5 heteroatoms. The number of carbonyl (C=O) groups excluding carboxylic acids is 2. The molecule has 0 unspecified atom stereocenters. The Bertz CT molecular complexity index is 241. The van der Waals surface area contributed by atoms with E-state index in [0.29, 0.717) is 6.42 Å². The lowest BCUT2D eigenvalue weighted by Crippen LogP contribution is -2.41. The number of rotatable bonds is 6. The Kier molecular flexibility index (Phi) is 6.92. The molecule has 4 N–H and O–H groups in total. The summed E-state index contributed by atoms with van der Waals surface area (Å²) in [5.41, 5.74) is 11.1. The van der Waals surface area contributed by atoms with Gasteiger partial charge in [-0.1, -0.05) is 33.6 Å². The van der Waals surface area contributed by atoms with Crippen LogP contribution in [0.1, 0.15) is 40.0 Å². The SMILES string of the molecule is CCCC[C@H](N)C(=O)OC(=O)[C@H](N)C(C)C. The maximum Gasteiger partial charge on any atom is 0.330 e. The predicted molar refractivity (Wildman–Crippen MR) is 61.4 cm³/mol. The zero-order valence-electron chi connectivity index (χ0n) is 10.2. The standard InChI is InChI=1S/C11H22N2O3/c1-4-5-6-8(12)10(14)16-11(15)9(13)7(2)3/h7-9H,4-6,12-13H2,1-3H3/t8-,9+/m0/s1. The molecule has 16 heavy (non-hydrogen) atoms. The van der Waals surface area contributed by atoms with Gasteiger partial charge in [-0.05, 0) is 12.3 Å². The minimum atomic E-state index is -0.776. The van der Waals surface area contributed by atoms with Crippen LogP contribution < -0.4 is 11.5 Å².